The van der Waals surface area contributed by atoms with Gasteiger partial charge in [-0.1, -0.05) is 11.6 Å². The van der Waals surface area contributed by atoms with Crippen LogP contribution in [0.1, 0.15) is 13.3 Å². The van der Waals surface area contributed by atoms with Crippen molar-refractivity contribution in [3.8, 4) is 11.3 Å². The lowest BCUT2D eigenvalue weighted by atomic mass is 10.2. The Morgan fingerprint density at radius 1 is 1.30 bits per heavy atom. The predicted molar refractivity (Wildman–Crippen MR) is 90.7 cm³/mol. The number of nitrogens with zero attached hydrogens (tertiary/aromatic N) is 4. The lowest BCUT2D eigenvalue weighted by Crippen LogP contribution is -2.23. The summed E-state index contributed by atoms with van der Waals surface area (Å²) >= 11 is 6.00. The quantitative estimate of drug-likeness (QED) is 0.773. The van der Waals surface area contributed by atoms with Crippen LogP contribution in [0, 0.1) is 0 Å². The minimum absolute atomic E-state index is 0.386. The van der Waals surface area contributed by atoms with E-state index in [1.165, 1.54) is 0 Å². The zero-order valence-electron chi connectivity index (χ0n) is 12.7. The maximum Gasteiger partial charge on any atom is 0.145 e. The molecule has 23 heavy (non-hydrogen) atoms. The van der Waals surface area contributed by atoms with E-state index in [0.29, 0.717) is 17.1 Å². The van der Waals surface area contributed by atoms with Crippen molar-refractivity contribution in [2.75, 3.05) is 11.9 Å². The van der Waals surface area contributed by atoms with Crippen molar-refractivity contribution in [1.29, 1.82) is 0 Å². The average molecular weight is 329 g/mol. The van der Waals surface area contributed by atoms with Crippen LogP contribution in [0.25, 0.3) is 16.8 Å². The zero-order chi connectivity index (χ0) is 15.8. The molecule has 3 aromatic rings. The van der Waals surface area contributed by atoms with Gasteiger partial charge in [0.25, 0.3) is 0 Å². The van der Waals surface area contributed by atoms with Gasteiger partial charge < -0.3 is 10.6 Å². The Balaban J connectivity index is 1.64. The first kappa shape index (κ1) is 14.4. The van der Waals surface area contributed by atoms with E-state index in [1.807, 2.05) is 12.1 Å². The van der Waals surface area contributed by atoms with E-state index < -0.39 is 0 Å². The van der Waals surface area contributed by atoms with E-state index in [4.69, 9.17) is 11.6 Å². The minimum atomic E-state index is 0.386. The maximum absolute atomic E-state index is 6.00. The molecule has 7 heteroatoms. The molecule has 0 aliphatic carbocycles. The molecule has 0 saturated carbocycles. The number of rotatable bonds is 3. The molecule has 0 aromatic carbocycles. The van der Waals surface area contributed by atoms with Gasteiger partial charge in [-0.15, -0.1) is 0 Å². The third kappa shape index (κ3) is 2.87. The Bertz CT molecular complexity index is 845. The molecule has 0 unspecified atom stereocenters. The molecule has 1 aliphatic heterocycles. The summed E-state index contributed by atoms with van der Waals surface area (Å²) in [6, 6.07) is 4.71. The van der Waals surface area contributed by atoms with Gasteiger partial charge in [-0.25, -0.2) is 9.50 Å². The largest absolute Gasteiger partial charge is 0.365 e. The van der Waals surface area contributed by atoms with Gasteiger partial charge in [0.15, 0.2) is 0 Å². The first-order valence-electron chi connectivity index (χ1n) is 7.64. The summed E-state index contributed by atoms with van der Waals surface area (Å²) in [5, 5.41) is 11.9. The third-order valence-electron chi connectivity index (χ3n) is 4.09. The topological polar surface area (TPSA) is 67.1 Å². The Labute approximate surface area is 138 Å². The number of fused-ring (bicyclic) bond motifs is 1. The highest BCUT2D eigenvalue weighted by Crippen LogP contribution is 2.24. The SMILES string of the molecule is C[C@@H]1C[C@@H](Nc2cncc(-c3cnn4cc(Cl)ccc34)n2)CN1. The predicted octanol–water partition coefficient (Wildman–Crippen LogP) is 2.61. The molecule has 0 bridgehead atoms. The van der Waals surface area contributed by atoms with E-state index >= 15 is 0 Å². The summed E-state index contributed by atoms with van der Waals surface area (Å²) < 4.78 is 1.75. The maximum atomic E-state index is 6.00. The number of pyridine rings is 1. The van der Waals surface area contributed by atoms with Gasteiger partial charge in [-0.2, -0.15) is 5.10 Å². The molecule has 1 aliphatic rings. The van der Waals surface area contributed by atoms with Crippen LogP contribution in [0.4, 0.5) is 5.82 Å². The van der Waals surface area contributed by atoms with Crippen LogP contribution >= 0.6 is 11.6 Å². The number of anilines is 1. The van der Waals surface area contributed by atoms with E-state index in [1.54, 1.807) is 29.3 Å². The van der Waals surface area contributed by atoms with Crippen LogP contribution in [0.2, 0.25) is 5.02 Å². The summed E-state index contributed by atoms with van der Waals surface area (Å²) in [6.45, 7) is 3.14. The lowest BCUT2D eigenvalue weighted by Gasteiger charge is -2.12. The summed E-state index contributed by atoms with van der Waals surface area (Å²) in [5.74, 6) is 0.789. The van der Waals surface area contributed by atoms with Crippen LogP contribution in [0.5, 0.6) is 0 Å². The molecular weight excluding hydrogens is 312 g/mol. The first-order valence-corrected chi connectivity index (χ1v) is 8.02. The molecule has 2 N–H and O–H groups in total. The fourth-order valence-electron chi connectivity index (χ4n) is 2.98. The van der Waals surface area contributed by atoms with Gasteiger partial charge in [-0.05, 0) is 25.5 Å². The molecule has 4 rings (SSSR count). The normalized spacial score (nSPS) is 21.0. The molecule has 0 amide bonds. The highest BCUT2D eigenvalue weighted by Gasteiger charge is 2.20. The Kier molecular flexibility index (Phi) is 3.63. The highest BCUT2D eigenvalue weighted by atomic mass is 35.5. The van der Waals surface area contributed by atoms with Crippen molar-refractivity contribution in [3.63, 3.8) is 0 Å². The standard InChI is InChI=1S/C16H17ClN6/c1-10-4-12(5-19-10)21-16-8-18-7-14(22-16)13-6-20-23-9-11(17)2-3-15(13)23/h2-3,6-10,12,19H,4-5H2,1H3,(H,21,22)/t10-,12-/m1/s1. The van der Waals surface area contributed by atoms with Gasteiger partial charge in [0.2, 0.25) is 0 Å². The number of hydrogen-bond acceptors (Lipinski definition) is 5. The highest BCUT2D eigenvalue weighted by molar-refractivity contribution is 6.30. The molecule has 1 saturated heterocycles. The summed E-state index contributed by atoms with van der Waals surface area (Å²) in [7, 11) is 0. The van der Waals surface area contributed by atoms with Crippen molar-refractivity contribution in [1.82, 2.24) is 24.9 Å². The molecule has 6 nitrogen and oxygen atoms in total. The monoisotopic (exact) mass is 328 g/mol. The van der Waals surface area contributed by atoms with Crippen LogP contribution < -0.4 is 10.6 Å². The van der Waals surface area contributed by atoms with Crippen LogP contribution in [0.15, 0.2) is 36.9 Å². The fourth-order valence-corrected chi connectivity index (χ4v) is 3.13. The van der Waals surface area contributed by atoms with Gasteiger partial charge >= 0.3 is 0 Å². The van der Waals surface area contributed by atoms with E-state index in [0.717, 1.165) is 35.6 Å². The molecule has 118 valence electrons. The van der Waals surface area contributed by atoms with E-state index in [-0.39, 0.29) is 0 Å². The van der Waals surface area contributed by atoms with E-state index in [9.17, 15) is 0 Å². The summed E-state index contributed by atoms with van der Waals surface area (Å²) in [6.07, 6.45) is 8.17. The molecule has 2 atom stereocenters. The number of halogens is 1. The van der Waals surface area contributed by atoms with Crippen molar-refractivity contribution in [2.24, 2.45) is 0 Å². The Hall–Kier alpha value is -2.18. The summed E-state index contributed by atoms with van der Waals surface area (Å²) in [5.41, 5.74) is 2.69. The van der Waals surface area contributed by atoms with Crippen molar-refractivity contribution in [2.45, 2.75) is 25.4 Å². The van der Waals surface area contributed by atoms with Gasteiger partial charge in [0.05, 0.1) is 34.8 Å². The third-order valence-corrected chi connectivity index (χ3v) is 4.32. The van der Waals surface area contributed by atoms with Crippen LogP contribution in [-0.4, -0.2) is 38.2 Å². The zero-order valence-corrected chi connectivity index (χ0v) is 13.5. The van der Waals surface area contributed by atoms with Crippen molar-refractivity contribution >= 4 is 22.9 Å². The van der Waals surface area contributed by atoms with Crippen LogP contribution in [0.3, 0.4) is 0 Å². The number of aromatic nitrogens is 4. The molecule has 0 radical (unpaired) electrons. The second-order valence-corrected chi connectivity index (χ2v) is 6.35. The second-order valence-electron chi connectivity index (χ2n) is 5.91. The smallest absolute Gasteiger partial charge is 0.145 e. The molecule has 0 spiro atoms. The summed E-state index contributed by atoms with van der Waals surface area (Å²) in [4.78, 5) is 9.01. The van der Waals surface area contributed by atoms with Gasteiger partial charge in [0, 0.05) is 30.4 Å². The average Bonchev–Trinajstić information content (AvgIpc) is 3.13. The fraction of sp³-hybridized carbons (Fsp3) is 0.312. The van der Waals surface area contributed by atoms with Gasteiger partial charge in [-0.3, -0.25) is 4.98 Å². The lowest BCUT2D eigenvalue weighted by molar-refractivity contribution is 0.661. The van der Waals surface area contributed by atoms with Crippen LogP contribution in [-0.2, 0) is 0 Å². The second kappa shape index (κ2) is 5.79. The van der Waals surface area contributed by atoms with Gasteiger partial charge in [0.1, 0.15) is 5.82 Å². The van der Waals surface area contributed by atoms with E-state index in [2.05, 4.69) is 32.6 Å². The number of hydrogen-bond donors (Lipinski definition) is 2. The molecule has 4 heterocycles. The first-order chi connectivity index (χ1) is 11.2. The van der Waals surface area contributed by atoms with Crippen molar-refractivity contribution < 1.29 is 0 Å². The molecule has 3 aromatic heterocycles. The Morgan fingerprint density at radius 2 is 2.22 bits per heavy atom. The Morgan fingerprint density at radius 3 is 3.04 bits per heavy atom. The molecule has 1 fully saturated rings. The van der Waals surface area contributed by atoms with Crippen molar-refractivity contribution in [3.05, 3.63) is 41.9 Å². The number of nitrogens with one attached hydrogen (secondary N) is 2. The minimum Gasteiger partial charge on any atom is -0.365 e. The molecular formula is C16H17ClN6.